The molecule has 7 heteroatoms. The molecule has 0 atom stereocenters. The van der Waals surface area contributed by atoms with Crippen molar-refractivity contribution in [3.63, 3.8) is 0 Å². The summed E-state index contributed by atoms with van der Waals surface area (Å²) in [6.07, 6.45) is 0.728. The molecule has 0 aromatic heterocycles. The summed E-state index contributed by atoms with van der Waals surface area (Å²) in [7, 11) is 1.99. The van der Waals surface area contributed by atoms with Crippen LogP contribution in [-0.4, -0.2) is 35.4 Å². The normalized spacial score (nSPS) is 18.6. The lowest BCUT2D eigenvalue weighted by molar-refractivity contribution is -0.122. The summed E-state index contributed by atoms with van der Waals surface area (Å²) in [6, 6.07) is 25.5. The van der Waals surface area contributed by atoms with E-state index in [0.717, 1.165) is 22.0 Å². The summed E-state index contributed by atoms with van der Waals surface area (Å²) in [5.41, 5.74) is 3.53. The first-order valence-corrected chi connectivity index (χ1v) is 12.6. The van der Waals surface area contributed by atoms with E-state index < -0.39 is 0 Å². The van der Waals surface area contributed by atoms with E-state index in [9.17, 15) is 9.59 Å². The minimum absolute atomic E-state index is 0.0114. The van der Waals surface area contributed by atoms with Gasteiger partial charge in [0, 0.05) is 24.1 Å². The molecule has 34 heavy (non-hydrogen) atoms. The van der Waals surface area contributed by atoms with Crippen molar-refractivity contribution in [1.82, 2.24) is 4.90 Å². The Balaban J connectivity index is 1.51. The zero-order valence-electron chi connectivity index (χ0n) is 18.9. The Labute approximate surface area is 207 Å². The van der Waals surface area contributed by atoms with Gasteiger partial charge in [0.05, 0.1) is 16.4 Å². The molecule has 2 heterocycles. The summed E-state index contributed by atoms with van der Waals surface area (Å²) in [5, 5.41) is 1.55. The fourth-order valence-corrected chi connectivity index (χ4v) is 6.28. The molecule has 1 fully saturated rings. The van der Waals surface area contributed by atoms with Gasteiger partial charge in [-0.25, -0.2) is 4.99 Å². The minimum Gasteiger partial charge on any atom is -0.337 e. The lowest BCUT2D eigenvalue weighted by Crippen LogP contribution is -2.31. The highest BCUT2D eigenvalue weighted by Gasteiger charge is 2.38. The smallest absolute Gasteiger partial charge is 0.269 e. The van der Waals surface area contributed by atoms with Crippen LogP contribution in [-0.2, 0) is 11.2 Å². The first-order valence-electron chi connectivity index (χ1n) is 11.0. The van der Waals surface area contributed by atoms with Gasteiger partial charge in [-0.05, 0) is 54.9 Å². The summed E-state index contributed by atoms with van der Waals surface area (Å²) < 4.78 is 0. The maximum atomic E-state index is 13.7. The van der Waals surface area contributed by atoms with Crippen LogP contribution in [0.5, 0.6) is 0 Å². The molecular weight excluding hydrogens is 462 g/mol. The third kappa shape index (κ3) is 4.41. The molecule has 1 saturated heterocycles. The van der Waals surface area contributed by atoms with Gasteiger partial charge in [-0.1, -0.05) is 66.4 Å². The first kappa shape index (κ1) is 22.5. The Kier molecular flexibility index (Phi) is 6.30. The third-order valence-electron chi connectivity index (χ3n) is 5.74. The minimum atomic E-state index is -0.0374. The number of para-hydroxylation sites is 1. The number of Topliss-reactive ketones (excluding diaryl/α,β-unsaturated/α-hetero) is 1. The molecule has 2 aliphatic heterocycles. The molecule has 0 unspecified atom stereocenters. The maximum absolute atomic E-state index is 13.7. The molecule has 0 spiro atoms. The van der Waals surface area contributed by atoms with E-state index in [2.05, 4.69) is 29.2 Å². The van der Waals surface area contributed by atoms with E-state index in [1.54, 1.807) is 35.7 Å². The number of carbonyl (C=O) groups excluding carboxylic acids is 2. The lowest BCUT2D eigenvalue weighted by atomic mass is 10.1. The molecule has 2 aliphatic rings. The van der Waals surface area contributed by atoms with Gasteiger partial charge in [-0.2, -0.15) is 0 Å². The number of ketones is 1. The fraction of sp³-hybridized carbons (Fsp3) is 0.148. The van der Waals surface area contributed by atoms with E-state index in [-0.39, 0.29) is 11.7 Å². The standard InChI is InChI=1S/C27H23N3O2S2/c1-18(31)20-11-8-12-21(17-20)28-27-30(16-15-19-9-4-3-5-10-19)25(32)24(34-27)26-29(2)22-13-6-7-14-23(22)33-26/h3-14,17H,15-16H2,1-2H3/b26-24-,28-27?. The van der Waals surface area contributed by atoms with E-state index >= 15 is 0 Å². The van der Waals surface area contributed by atoms with E-state index in [0.29, 0.717) is 27.9 Å². The SMILES string of the molecule is CC(=O)c1cccc(N=C2S/C(=C3\Sc4ccccc4N3C)C(=O)N2CCc2ccccc2)c1. The number of hydrogen-bond donors (Lipinski definition) is 0. The van der Waals surface area contributed by atoms with Crippen LogP contribution in [0, 0.1) is 0 Å². The van der Waals surface area contributed by atoms with Gasteiger partial charge in [0.25, 0.3) is 5.91 Å². The number of aliphatic imine (C=N–C) groups is 1. The second-order valence-corrected chi connectivity index (χ2v) is 10.1. The van der Waals surface area contributed by atoms with Crippen LogP contribution in [0.4, 0.5) is 11.4 Å². The van der Waals surface area contributed by atoms with Crippen molar-refractivity contribution in [2.24, 2.45) is 4.99 Å². The Morgan fingerprint density at radius 1 is 0.941 bits per heavy atom. The monoisotopic (exact) mass is 485 g/mol. The van der Waals surface area contributed by atoms with E-state index in [1.807, 2.05) is 49.5 Å². The summed E-state index contributed by atoms with van der Waals surface area (Å²) in [4.78, 5) is 36.0. The Morgan fingerprint density at radius 2 is 1.71 bits per heavy atom. The quantitative estimate of drug-likeness (QED) is 0.323. The van der Waals surface area contributed by atoms with Gasteiger partial charge in [-0.3, -0.25) is 14.5 Å². The van der Waals surface area contributed by atoms with Gasteiger partial charge in [-0.15, -0.1) is 0 Å². The van der Waals surface area contributed by atoms with Crippen molar-refractivity contribution < 1.29 is 9.59 Å². The lowest BCUT2D eigenvalue weighted by Gasteiger charge is -2.16. The molecule has 3 aromatic rings. The number of fused-ring (bicyclic) bond motifs is 1. The number of thioether (sulfide) groups is 2. The Morgan fingerprint density at radius 3 is 2.47 bits per heavy atom. The van der Waals surface area contributed by atoms with Gasteiger partial charge in [0.15, 0.2) is 11.0 Å². The molecule has 0 radical (unpaired) electrons. The Hall–Kier alpha value is -3.29. The predicted molar refractivity (Wildman–Crippen MR) is 141 cm³/mol. The number of hydrogen-bond acceptors (Lipinski definition) is 6. The van der Waals surface area contributed by atoms with Crippen molar-refractivity contribution in [3.05, 3.63) is 99.9 Å². The van der Waals surface area contributed by atoms with Crippen molar-refractivity contribution in [2.75, 3.05) is 18.5 Å². The molecule has 0 bridgehead atoms. The number of amidine groups is 1. The molecule has 170 valence electrons. The maximum Gasteiger partial charge on any atom is 0.269 e. The topological polar surface area (TPSA) is 53.0 Å². The van der Waals surface area contributed by atoms with Crippen LogP contribution >= 0.6 is 23.5 Å². The molecule has 0 saturated carbocycles. The molecule has 0 aliphatic carbocycles. The molecular formula is C27H23N3O2S2. The Bertz CT molecular complexity index is 1330. The molecule has 5 rings (SSSR count). The highest BCUT2D eigenvalue weighted by atomic mass is 32.2. The van der Waals surface area contributed by atoms with Crippen molar-refractivity contribution >= 4 is 51.8 Å². The number of nitrogens with zero attached hydrogens (tertiary/aromatic N) is 3. The van der Waals surface area contributed by atoms with Gasteiger partial charge >= 0.3 is 0 Å². The average Bonchev–Trinajstić information content (AvgIpc) is 3.34. The number of carbonyl (C=O) groups is 2. The fourth-order valence-electron chi connectivity index (χ4n) is 3.91. The van der Waals surface area contributed by atoms with Crippen LogP contribution in [0.3, 0.4) is 0 Å². The molecule has 5 nitrogen and oxygen atoms in total. The van der Waals surface area contributed by atoms with Crippen LogP contribution < -0.4 is 4.90 Å². The number of benzene rings is 3. The number of rotatable bonds is 5. The zero-order chi connectivity index (χ0) is 23.7. The van der Waals surface area contributed by atoms with Gasteiger partial charge in [0.2, 0.25) is 0 Å². The first-order chi connectivity index (χ1) is 16.5. The van der Waals surface area contributed by atoms with E-state index in [4.69, 9.17) is 4.99 Å². The molecule has 0 N–H and O–H groups in total. The highest BCUT2D eigenvalue weighted by molar-refractivity contribution is 8.19. The number of amides is 1. The van der Waals surface area contributed by atoms with Crippen molar-refractivity contribution in [1.29, 1.82) is 0 Å². The summed E-state index contributed by atoms with van der Waals surface area (Å²) in [6.45, 7) is 2.07. The summed E-state index contributed by atoms with van der Waals surface area (Å²) in [5.74, 6) is -0.0488. The van der Waals surface area contributed by atoms with Gasteiger partial charge in [0.1, 0.15) is 4.91 Å². The van der Waals surface area contributed by atoms with Crippen LogP contribution in [0.1, 0.15) is 22.8 Å². The second kappa shape index (κ2) is 9.52. The third-order valence-corrected chi connectivity index (χ3v) is 8.17. The van der Waals surface area contributed by atoms with Crippen LogP contribution in [0.15, 0.2) is 98.7 Å². The molecule has 3 aromatic carbocycles. The predicted octanol–water partition coefficient (Wildman–Crippen LogP) is 6.11. The highest BCUT2D eigenvalue weighted by Crippen LogP contribution is 2.50. The van der Waals surface area contributed by atoms with Crippen LogP contribution in [0.25, 0.3) is 0 Å². The zero-order valence-corrected chi connectivity index (χ0v) is 20.5. The van der Waals surface area contributed by atoms with Gasteiger partial charge < -0.3 is 4.90 Å². The largest absolute Gasteiger partial charge is 0.337 e. The van der Waals surface area contributed by atoms with Crippen molar-refractivity contribution in [3.8, 4) is 0 Å². The average molecular weight is 486 g/mol. The van der Waals surface area contributed by atoms with E-state index in [1.165, 1.54) is 17.3 Å². The molecule has 1 amide bonds. The summed E-state index contributed by atoms with van der Waals surface area (Å²) >= 11 is 3.02. The van der Waals surface area contributed by atoms with Crippen molar-refractivity contribution in [2.45, 2.75) is 18.2 Å². The second-order valence-electron chi connectivity index (χ2n) is 8.06. The van der Waals surface area contributed by atoms with Crippen LogP contribution in [0.2, 0.25) is 0 Å². The number of anilines is 1.